The van der Waals surface area contributed by atoms with E-state index in [1.807, 2.05) is 0 Å². The Labute approximate surface area is 105 Å². The molecule has 0 aromatic heterocycles. The van der Waals surface area contributed by atoms with Crippen molar-refractivity contribution < 1.29 is 57.5 Å². The number of nitrogens with zero attached hydrogens (tertiary/aromatic N) is 2. The van der Waals surface area contributed by atoms with Crippen LogP contribution in [0.2, 0.25) is 0 Å². The highest BCUT2D eigenvalue weighted by Gasteiger charge is 2.61. The van der Waals surface area contributed by atoms with E-state index in [1.54, 1.807) is 0 Å². The third-order valence-corrected chi connectivity index (χ3v) is 1.41. The summed E-state index contributed by atoms with van der Waals surface area (Å²) in [5, 5.41) is 0. The molecule has 0 rings (SSSR count). The Bertz CT molecular complexity index is 409. The second-order valence-corrected chi connectivity index (χ2v) is 3.00. The Morgan fingerprint density at radius 3 is 1.24 bits per heavy atom. The van der Waals surface area contributed by atoms with Gasteiger partial charge < -0.3 is 0 Å². The lowest BCUT2D eigenvalue weighted by Gasteiger charge is -2.29. The number of ketones is 1. The zero-order valence-corrected chi connectivity index (χ0v) is 8.84. The molecule has 0 bridgehead atoms. The molecule has 0 saturated carbocycles. The fraction of sp³-hybridized carbons (Fsp3) is 0.667. The van der Waals surface area contributed by atoms with Gasteiger partial charge in [0.2, 0.25) is 0 Å². The minimum Gasteiger partial charge on any atom is -0.280 e. The maximum atomic E-state index is 12.0. The first-order chi connectivity index (χ1) is 8.87. The summed E-state index contributed by atoms with van der Waals surface area (Å²) in [6.07, 6.45) is -26.3. The lowest BCUT2D eigenvalue weighted by molar-refractivity contribution is -0.343. The normalized spacial score (nSPS) is 15.1. The standard InChI is InChI=1S/C6F12N2O/c7-3(8,9)1(21)2(19-4(10,11)12)20(5(13,14)15)6(16,17)18. The maximum Gasteiger partial charge on any atom is 0.505 e. The molecule has 0 aromatic rings. The molecule has 0 unspecified atom stereocenters. The van der Waals surface area contributed by atoms with Crippen LogP contribution in [0.4, 0.5) is 52.7 Å². The minimum atomic E-state index is -6.80. The number of rotatable bonds is 1. The average molecular weight is 344 g/mol. The molecule has 21 heavy (non-hydrogen) atoms. The fourth-order valence-corrected chi connectivity index (χ4v) is 0.833. The third-order valence-electron chi connectivity index (χ3n) is 1.41. The maximum absolute atomic E-state index is 12.0. The van der Waals surface area contributed by atoms with Crippen molar-refractivity contribution in [3.05, 3.63) is 0 Å². The Kier molecular flexibility index (Phi) is 4.82. The second-order valence-electron chi connectivity index (χ2n) is 3.00. The minimum absolute atomic E-state index is 0.642. The van der Waals surface area contributed by atoms with Gasteiger partial charge in [-0.2, -0.15) is 23.1 Å². The predicted octanol–water partition coefficient (Wildman–Crippen LogP) is 3.38. The van der Waals surface area contributed by atoms with Crippen LogP contribution in [-0.4, -0.2) is 41.6 Å². The highest BCUT2D eigenvalue weighted by atomic mass is 19.4. The predicted molar refractivity (Wildman–Crippen MR) is 38.5 cm³/mol. The summed E-state index contributed by atoms with van der Waals surface area (Å²) in [5.41, 5.74) is 0. The molecule has 0 fully saturated rings. The van der Waals surface area contributed by atoms with Gasteiger partial charge in [-0.05, 0) is 0 Å². The van der Waals surface area contributed by atoms with Crippen LogP contribution in [0.5, 0.6) is 0 Å². The van der Waals surface area contributed by atoms with Crippen molar-refractivity contribution in [1.29, 1.82) is 0 Å². The van der Waals surface area contributed by atoms with E-state index in [0.717, 1.165) is 0 Å². The van der Waals surface area contributed by atoms with Gasteiger partial charge in [0.15, 0.2) is 5.84 Å². The van der Waals surface area contributed by atoms with E-state index >= 15 is 0 Å². The molecule has 0 aliphatic carbocycles. The van der Waals surface area contributed by atoms with Gasteiger partial charge in [-0.25, -0.2) is 0 Å². The quantitative estimate of drug-likeness (QED) is 0.316. The van der Waals surface area contributed by atoms with E-state index < -0.39 is 41.6 Å². The van der Waals surface area contributed by atoms with E-state index in [9.17, 15) is 57.5 Å². The van der Waals surface area contributed by atoms with Crippen molar-refractivity contribution in [3.63, 3.8) is 0 Å². The molecule has 0 amide bonds. The van der Waals surface area contributed by atoms with Crippen LogP contribution >= 0.6 is 0 Å². The van der Waals surface area contributed by atoms with Crippen LogP contribution in [0.15, 0.2) is 4.99 Å². The number of hydrogen-bond acceptors (Lipinski definition) is 2. The summed E-state index contributed by atoms with van der Waals surface area (Å²) in [4.78, 5) is 7.75. The van der Waals surface area contributed by atoms with Crippen LogP contribution in [0, 0.1) is 0 Å². The Morgan fingerprint density at radius 2 is 1.05 bits per heavy atom. The van der Waals surface area contributed by atoms with Crippen LogP contribution < -0.4 is 0 Å². The first-order valence-corrected chi connectivity index (χ1v) is 4.09. The summed E-state index contributed by atoms with van der Waals surface area (Å²) < 4.78 is 143. The number of hydrogen-bond donors (Lipinski definition) is 0. The van der Waals surface area contributed by atoms with Gasteiger partial charge in [0.05, 0.1) is 0 Å². The molecule has 15 heteroatoms. The smallest absolute Gasteiger partial charge is 0.280 e. The SMILES string of the molecule is O=C(C(=NC(F)(F)F)N(C(F)(F)F)C(F)(F)F)C(F)(F)F. The van der Waals surface area contributed by atoms with Gasteiger partial charge >= 0.3 is 30.9 Å². The third kappa shape index (κ3) is 5.66. The van der Waals surface area contributed by atoms with E-state index in [0.29, 0.717) is 4.99 Å². The molecule has 0 aliphatic rings. The van der Waals surface area contributed by atoms with Crippen molar-refractivity contribution in [2.45, 2.75) is 25.1 Å². The number of halogens is 12. The zero-order chi connectivity index (χ0) is 17.4. The Balaban J connectivity index is 6.26. The molecule has 0 heterocycles. The van der Waals surface area contributed by atoms with Crippen molar-refractivity contribution in [2.24, 2.45) is 4.99 Å². The molecular weight excluding hydrogens is 344 g/mol. The van der Waals surface area contributed by atoms with Crippen molar-refractivity contribution in [2.75, 3.05) is 0 Å². The summed E-state index contributed by atoms with van der Waals surface area (Å²) in [6, 6.07) is 0. The van der Waals surface area contributed by atoms with Gasteiger partial charge in [-0.3, -0.25) is 4.79 Å². The zero-order valence-electron chi connectivity index (χ0n) is 8.84. The second kappa shape index (κ2) is 5.25. The van der Waals surface area contributed by atoms with Crippen molar-refractivity contribution >= 4 is 11.6 Å². The average Bonchev–Trinajstić information content (AvgIpc) is 2.06. The number of carbonyl (C=O) groups excluding carboxylic acids is 1. The number of Topliss-reactive ketones (excluding diaryl/α,β-unsaturated/α-hetero) is 1. The molecule has 0 spiro atoms. The molecule has 0 aliphatic heterocycles. The topological polar surface area (TPSA) is 32.7 Å². The molecule has 0 radical (unpaired) electrons. The van der Waals surface area contributed by atoms with Crippen molar-refractivity contribution in [1.82, 2.24) is 4.90 Å². The highest BCUT2D eigenvalue weighted by Crippen LogP contribution is 2.36. The van der Waals surface area contributed by atoms with E-state index in [-0.39, 0.29) is 0 Å². The van der Waals surface area contributed by atoms with Gasteiger partial charge in [0, 0.05) is 0 Å². The highest BCUT2D eigenvalue weighted by molar-refractivity contribution is 6.41. The molecule has 0 saturated heterocycles. The van der Waals surface area contributed by atoms with Gasteiger partial charge in [0.1, 0.15) is 0 Å². The van der Waals surface area contributed by atoms with Gasteiger partial charge in [-0.1, -0.05) is 0 Å². The Morgan fingerprint density at radius 1 is 0.714 bits per heavy atom. The molecule has 0 atom stereocenters. The number of amidine groups is 1. The number of carbonyl (C=O) groups is 1. The van der Waals surface area contributed by atoms with Crippen LogP contribution in [-0.2, 0) is 4.79 Å². The first-order valence-electron chi connectivity index (χ1n) is 4.09. The first kappa shape index (κ1) is 19.3. The lowest BCUT2D eigenvalue weighted by Crippen LogP contribution is -2.56. The summed E-state index contributed by atoms with van der Waals surface area (Å²) >= 11 is 0. The molecule has 124 valence electrons. The largest absolute Gasteiger partial charge is 0.505 e. The number of alkyl halides is 12. The van der Waals surface area contributed by atoms with Crippen molar-refractivity contribution in [3.8, 4) is 0 Å². The van der Waals surface area contributed by atoms with Gasteiger partial charge in [-0.15, -0.1) is 39.5 Å². The van der Waals surface area contributed by atoms with Gasteiger partial charge in [0.25, 0.3) is 0 Å². The summed E-state index contributed by atoms with van der Waals surface area (Å²) in [7, 11) is 0. The summed E-state index contributed by atoms with van der Waals surface area (Å²) in [5.74, 6) is -7.97. The molecular formula is C6F12N2O. The molecule has 3 nitrogen and oxygen atoms in total. The van der Waals surface area contributed by atoms with E-state index in [4.69, 9.17) is 0 Å². The monoisotopic (exact) mass is 344 g/mol. The van der Waals surface area contributed by atoms with Crippen LogP contribution in [0.3, 0.4) is 0 Å². The number of aliphatic imine (C=N–C) groups is 1. The Hall–Kier alpha value is -1.70. The van der Waals surface area contributed by atoms with Crippen LogP contribution in [0.1, 0.15) is 0 Å². The fourth-order valence-electron chi connectivity index (χ4n) is 0.833. The molecule has 0 N–H and O–H groups in total. The van der Waals surface area contributed by atoms with Crippen LogP contribution in [0.25, 0.3) is 0 Å². The van der Waals surface area contributed by atoms with E-state index in [2.05, 4.69) is 0 Å². The van der Waals surface area contributed by atoms with E-state index in [1.165, 1.54) is 0 Å². The summed E-state index contributed by atoms with van der Waals surface area (Å²) in [6.45, 7) is 0. The lowest BCUT2D eigenvalue weighted by atomic mass is 10.3. The molecule has 0 aromatic carbocycles.